The third-order valence-electron chi connectivity index (χ3n) is 4.62. The highest BCUT2D eigenvalue weighted by Crippen LogP contribution is 2.30. The summed E-state index contributed by atoms with van der Waals surface area (Å²) in [6, 6.07) is 16.1. The van der Waals surface area contributed by atoms with Gasteiger partial charge in [-0.05, 0) is 67.6 Å². The van der Waals surface area contributed by atoms with Crippen LogP contribution in [0, 0.1) is 13.8 Å². The second-order valence-electron chi connectivity index (χ2n) is 6.61. The lowest BCUT2D eigenvalue weighted by Crippen LogP contribution is -2.13. The van der Waals surface area contributed by atoms with Crippen LogP contribution in [-0.4, -0.2) is 13.6 Å². The molecule has 2 aromatic carbocycles. The zero-order valence-electron chi connectivity index (χ0n) is 14.6. The Morgan fingerprint density at radius 1 is 0.818 bits per heavy atom. The molecule has 0 heterocycles. The molecule has 0 fully saturated rings. The van der Waals surface area contributed by atoms with Crippen molar-refractivity contribution in [3.63, 3.8) is 0 Å². The van der Waals surface area contributed by atoms with Gasteiger partial charge < -0.3 is 5.32 Å². The molecule has 0 amide bonds. The Morgan fingerprint density at radius 2 is 1.41 bits per heavy atom. The molecule has 0 saturated heterocycles. The molecule has 118 valence electrons. The SMILES string of the molecule is CNCCC(c1ccc(C(C)C)cc1)c1ccc(C)c(C)c1. The molecule has 2 rings (SSSR count). The van der Waals surface area contributed by atoms with E-state index in [1.807, 2.05) is 7.05 Å². The first-order valence-electron chi connectivity index (χ1n) is 8.34. The van der Waals surface area contributed by atoms with Crippen molar-refractivity contribution in [2.24, 2.45) is 0 Å². The molecular formula is C21H29N. The first kappa shape index (κ1) is 16.8. The lowest BCUT2D eigenvalue weighted by atomic mass is 9.86. The number of benzene rings is 2. The normalized spacial score (nSPS) is 12.6. The lowest BCUT2D eigenvalue weighted by molar-refractivity contribution is 0.661. The number of hydrogen-bond donors (Lipinski definition) is 1. The molecule has 0 aromatic heterocycles. The van der Waals surface area contributed by atoms with Gasteiger partial charge >= 0.3 is 0 Å². The highest BCUT2D eigenvalue weighted by molar-refractivity contribution is 5.38. The van der Waals surface area contributed by atoms with Crippen molar-refractivity contribution in [2.75, 3.05) is 13.6 Å². The van der Waals surface area contributed by atoms with Gasteiger partial charge in [-0.3, -0.25) is 0 Å². The number of hydrogen-bond acceptors (Lipinski definition) is 1. The number of nitrogens with one attached hydrogen (secondary N) is 1. The minimum Gasteiger partial charge on any atom is -0.320 e. The zero-order chi connectivity index (χ0) is 16.1. The minimum atomic E-state index is 0.466. The molecule has 1 nitrogen and oxygen atoms in total. The summed E-state index contributed by atoms with van der Waals surface area (Å²) in [5, 5.41) is 3.29. The van der Waals surface area contributed by atoms with Crippen molar-refractivity contribution in [1.82, 2.24) is 5.32 Å². The van der Waals surface area contributed by atoms with E-state index in [9.17, 15) is 0 Å². The fourth-order valence-electron chi connectivity index (χ4n) is 2.91. The molecule has 1 unspecified atom stereocenters. The molecule has 1 heteroatoms. The standard InChI is InChI=1S/C21H29N/c1-15(2)18-8-10-19(11-9-18)21(12-13-22-5)20-7-6-16(3)17(4)14-20/h6-11,14-15,21-22H,12-13H2,1-5H3. The van der Waals surface area contributed by atoms with Crippen LogP contribution >= 0.6 is 0 Å². The van der Waals surface area contributed by atoms with Gasteiger partial charge in [0.1, 0.15) is 0 Å². The maximum Gasteiger partial charge on any atom is 0.0101 e. The van der Waals surface area contributed by atoms with E-state index in [2.05, 4.69) is 75.5 Å². The average Bonchev–Trinajstić information content (AvgIpc) is 2.51. The minimum absolute atomic E-state index is 0.466. The fourth-order valence-corrected chi connectivity index (χ4v) is 2.91. The Morgan fingerprint density at radius 3 is 1.95 bits per heavy atom. The summed E-state index contributed by atoms with van der Waals surface area (Å²) in [6.07, 6.45) is 1.13. The first-order chi connectivity index (χ1) is 10.5. The Bertz CT molecular complexity index is 596. The topological polar surface area (TPSA) is 12.0 Å². The van der Waals surface area contributed by atoms with E-state index in [0.717, 1.165) is 13.0 Å². The fraction of sp³-hybridized carbons (Fsp3) is 0.429. The summed E-state index contributed by atoms with van der Waals surface area (Å²) in [5.41, 5.74) is 7.01. The van der Waals surface area contributed by atoms with Gasteiger partial charge in [-0.1, -0.05) is 56.3 Å². The first-order valence-corrected chi connectivity index (χ1v) is 8.34. The van der Waals surface area contributed by atoms with Crippen molar-refractivity contribution in [3.8, 4) is 0 Å². The van der Waals surface area contributed by atoms with Crippen LogP contribution in [0.2, 0.25) is 0 Å². The van der Waals surface area contributed by atoms with Crippen LogP contribution in [0.5, 0.6) is 0 Å². The molecule has 0 aliphatic rings. The van der Waals surface area contributed by atoms with Crippen LogP contribution < -0.4 is 5.32 Å². The molecule has 22 heavy (non-hydrogen) atoms. The Kier molecular flexibility index (Phi) is 5.79. The molecular weight excluding hydrogens is 266 g/mol. The van der Waals surface area contributed by atoms with E-state index >= 15 is 0 Å². The summed E-state index contributed by atoms with van der Waals surface area (Å²) >= 11 is 0. The molecule has 0 saturated carbocycles. The summed E-state index contributed by atoms with van der Waals surface area (Å²) in [5.74, 6) is 1.05. The molecule has 0 aliphatic heterocycles. The van der Waals surface area contributed by atoms with Crippen molar-refractivity contribution in [1.29, 1.82) is 0 Å². The Labute approximate surface area is 135 Å². The largest absolute Gasteiger partial charge is 0.320 e. The van der Waals surface area contributed by atoms with Crippen molar-refractivity contribution < 1.29 is 0 Å². The van der Waals surface area contributed by atoms with Gasteiger partial charge in [-0.2, -0.15) is 0 Å². The molecule has 0 bridgehead atoms. The summed E-state index contributed by atoms with van der Waals surface area (Å²) in [6.45, 7) is 9.91. The third kappa shape index (κ3) is 3.98. The predicted molar refractivity (Wildman–Crippen MR) is 96.8 cm³/mol. The van der Waals surface area contributed by atoms with Crippen molar-refractivity contribution >= 4 is 0 Å². The van der Waals surface area contributed by atoms with Crippen molar-refractivity contribution in [3.05, 3.63) is 70.3 Å². The number of rotatable bonds is 6. The maximum absolute atomic E-state index is 3.29. The highest BCUT2D eigenvalue weighted by atomic mass is 14.8. The quantitative estimate of drug-likeness (QED) is 0.775. The molecule has 0 aliphatic carbocycles. The van der Waals surface area contributed by atoms with Gasteiger partial charge in [0, 0.05) is 5.92 Å². The predicted octanol–water partition coefficient (Wildman–Crippen LogP) is 5.17. The second kappa shape index (κ2) is 7.60. The van der Waals surface area contributed by atoms with Crippen LogP contribution in [0.1, 0.15) is 59.9 Å². The average molecular weight is 295 g/mol. The maximum atomic E-state index is 3.29. The summed E-state index contributed by atoms with van der Waals surface area (Å²) < 4.78 is 0. The molecule has 2 aromatic rings. The van der Waals surface area contributed by atoms with Gasteiger partial charge in [0.05, 0.1) is 0 Å². The van der Waals surface area contributed by atoms with E-state index in [1.54, 1.807) is 0 Å². The molecule has 1 atom stereocenters. The highest BCUT2D eigenvalue weighted by Gasteiger charge is 2.14. The van der Waals surface area contributed by atoms with E-state index < -0.39 is 0 Å². The molecule has 0 spiro atoms. The van der Waals surface area contributed by atoms with Crippen LogP contribution in [-0.2, 0) is 0 Å². The van der Waals surface area contributed by atoms with E-state index in [1.165, 1.54) is 27.8 Å². The monoisotopic (exact) mass is 295 g/mol. The summed E-state index contributed by atoms with van der Waals surface area (Å²) in [7, 11) is 2.03. The van der Waals surface area contributed by atoms with Gasteiger partial charge in [-0.25, -0.2) is 0 Å². The number of aryl methyl sites for hydroxylation is 2. The van der Waals surface area contributed by atoms with Gasteiger partial charge in [0.25, 0.3) is 0 Å². The smallest absolute Gasteiger partial charge is 0.0101 e. The van der Waals surface area contributed by atoms with Crippen molar-refractivity contribution in [2.45, 2.75) is 46.0 Å². The van der Waals surface area contributed by atoms with E-state index in [-0.39, 0.29) is 0 Å². The van der Waals surface area contributed by atoms with Crippen LogP contribution in [0.15, 0.2) is 42.5 Å². The van der Waals surface area contributed by atoms with Crippen LogP contribution in [0.4, 0.5) is 0 Å². The lowest BCUT2D eigenvalue weighted by Gasteiger charge is -2.20. The van der Waals surface area contributed by atoms with Gasteiger partial charge in [0.15, 0.2) is 0 Å². The van der Waals surface area contributed by atoms with Gasteiger partial charge in [-0.15, -0.1) is 0 Å². The third-order valence-corrected chi connectivity index (χ3v) is 4.62. The van der Waals surface area contributed by atoms with Crippen LogP contribution in [0.25, 0.3) is 0 Å². The van der Waals surface area contributed by atoms with E-state index in [0.29, 0.717) is 11.8 Å². The van der Waals surface area contributed by atoms with Crippen LogP contribution in [0.3, 0.4) is 0 Å². The second-order valence-corrected chi connectivity index (χ2v) is 6.61. The molecule has 0 radical (unpaired) electrons. The summed E-state index contributed by atoms with van der Waals surface area (Å²) in [4.78, 5) is 0. The van der Waals surface area contributed by atoms with E-state index in [4.69, 9.17) is 0 Å². The Balaban J connectivity index is 2.34. The zero-order valence-corrected chi connectivity index (χ0v) is 14.6. The Hall–Kier alpha value is -1.60. The molecule has 1 N–H and O–H groups in total. The van der Waals surface area contributed by atoms with Gasteiger partial charge in [0.2, 0.25) is 0 Å².